The molecule has 1 aromatic carbocycles. The van der Waals surface area contributed by atoms with Gasteiger partial charge in [-0.1, -0.05) is 6.07 Å². The molecule has 1 saturated carbocycles. The van der Waals surface area contributed by atoms with Gasteiger partial charge in [0.05, 0.1) is 18.4 Å². The molecule has 0 spiro atoms. The van der Waals surface area contributed by atoms with Gasteiger partial charge in [-0.05, 0) is 31.9 Å². The number of hydrogen-bond donors (Lipinski definition) is 1. The third-order valence-electron chi connectivity index (χ3n) is 3.75. The Labute approximate surface area is 110 Å². The minimum atomic E-state index is -1.51. The van der Waals surface area contributed by atoms with Gasteiger partial charge in [0.1, 0.15) is 0 Å². The summed E-state index contributed by atoms with van der Waals surface area (Å²) in [6.45, 7) is 1.49. The first-order chi connectivity index (χ1) is 8.96. The third kappa shape index (κ3) is 1.65. The first-order valence-electron chi connectivity index (χ1n) is 6.25. The highest BCUT2D eigenvalue weighted by Gasteiger charge is 2.50. The molecule has 1 atom stereocenters. The quantitative estimate of drug-likeness (QED) is 0.812. The molecule has 1 heterocycles. The molecular weight excluding hydrogens is 246 g/mol. The van der Waals surface area contributed by atoms with Gasteiger partial charge in [0.2, 0.25) is 0 Å². The van der Waals surface area contributed by atoms with Gasteiger partial charge in [-0.3, -0.25) is 4.79 Å². The number of amides is 1. The molecule has 0 bridgehead atoms. The molecule has 1 aromatic rings. The Morgan fingerprint density at radius 2 is 2.16 bits per heavy atom. The summed E-state index contributed by atoms with van der Waals surface area (Å²) in [5.41, 5.74) is 0.0573. The zero-order valence-corrected chi connectivity index (χ0v) is 10.8. The van der Waals surface area contributed by atoms with Crippen molar-refractivity contribution in [2.24, 2.45) is 0 Å². The average molecular weight is 261 g/mol. The summed E-state index contributed by atoms with van der Waals surface area (Å²) < 4.78 is 4.68. The minimum absolute atomic E-state index is 0.146. The van der Waals surface area contributed by atoms with Crippen LogP contribution in [0, 0.1) is 0 Å². The van der Waals surface area contributed by atoms with E-state index in [0.717, 1.165) is 12.8 Å². The fraction of sp³-hybridized carbons (Fsp3) is 0.429. The molecule has 0 aromatic heterocycles. The number of ether oxygens (including phenoxy) is 1. The van der Waals surface area contributed by atoms with Crippen molar-refractivity contribution in [3.8, 4) is 0 Å². The van der Waals surface area contributed by atoms with E-state index in [0.29, 0.717) is 16.8 Å². The molecule has 3 rings (SSSR count). The van der Waals surface area contributed by atoms with Gasteiger partial charge in [0, 0.05) is 11.6 Å². The highest BCUT2D eigenvalue weighted by molar-refractivity contribution is 6.08. The predicted octanol–water partition coefficient (Wildman–Crippen LogP) is 1.19. The van der Waals surface area contributed by atoms with E-state index < -0.39 is 11.6 Å². The summed E-state index contributed by atoms with van der Waals surface area (Å²) in [5.74, 6) is -0.760. The second kappa shape index (κ2) is 3.81. The maximum absolute atomic E-state index is 12.3. The van der Waals surface area contributed by atoms with Gasteiger partial charge in [-0.2, -0.15) is 0 Å². The van der Waals surface area contributed by atoms with Gasteiger partial charge in [0.15, 0.2) is 5.60 Å². The Bertz CT molecular complexity index is 575. The molecular formula is C14H15NO4. The van der Waals surface area contributed by atoms with E-state index in [2.05, 4.69) is 4.74 Å². The van der Waals surface area contributed by atoms with E-state index in [9.17, 15) is 14.7 Å². The normalized spacial score (nSPS) is 25.4. The summed E-state index contributed by atoms with van der Waals surface area (Å²) >= 11 is 0. The van der Waals surface area contributed by atoms with Crippen LogP contribution in [-0.2, 0) is 15.1 Å². The molecule has 0 saturated heterocycles. The van der Waals surface area contributed by atoms with Crippen LogP contribution in [-0.4, -0.2) is 30.1 Å². The maximum Gasteiger partial charge on any atom is 0.337 e. The SMILES string of the molecule is COC(=O)c1ccc2c(c1)N(C1CC1)C(=O)C2(C)O. The maximum atomic E-state index is 12.3. The summed E-state index contributed by atoms with van der Waals surface area (Å²) in [7, 11) is 1.32. The van der Waals surface area contributed by atoms with E-state index in [4.69, 9.17) is 0 Å². The number of esters is 1. The second-order valence-corrected chi connectivity index (χ2v) is 5.20. The molecule has 100 valence electrons. The topological polar surface area (TPSA) is 66.8 Å². The zero-order chi connectivity index (χ0) is 13.8. The Hall–Kier alpha value is -1.88. The van der Waals surface area contributed by atoms with E-state index in [1.165, 1.54) is 14.0 Å². The van der Waals surface area contributed by atoms with Crippen LogP contribution in [0.25, 0.3) is 0 Å². The number of aliphatic hydroxyl groups is 1. The van der Waals surface area contributed by atoms with Crippen LogP contribution >= 0.6 is 0 Å². The van der Waals surface area contributed by atoms with Gasteiger partial charge in [-0.25, -0.2) is 4.79 Å². The summed E-state index contributed by atoms with van der Waals surface area (Å²) in [4.78, 5) is 25.4. The van der Waals surface area contributed by atoms with Crippen molar-refractivity contribution in [1.82, 2.24) is 0 Å². The average Bonchev–Trinajstić information content (AvgIpc) is 3.19. The lowest BCUT2D eigenvalue weighted by atomic mass is 9.97. The van der Waals surface area contributed by atoms with Gasteiger partial charge >= 0.3 is 5.97 Å². The molecule has 1 amide bonds. The number of hydrogen-bond acceptors (Lipinski definition) is 4. The Morgan fingerprint density at radius 1 is 1.47 bits per heavy atom. The first kappa shape index (κ1) is 12.2. The number of nitrogens with zero attached hydrogens (tertiary/aromatic N) is 1. The predicted molar refractivity (Wildman–Crippen MR) is 67.9 cm³/mol. The summed E-state index contributed by atoms with van der Waals surface area (Å²) in [6.07, 6.45) is 1.87. The molecule has 1 unspecified atom stereocenters. The Morgan fingerprint density at radius 3 is 2.74 bits per heavy atom. The number of anilines is 1. The highest BCUT2D eigenvalue weighted by atomic mass is 16.5. The van der Waals surface area contributed by atoms with E-state index >= 15 is 0 Å². The summed E-state index contributed by atoms with van der Waals surface area (Å²) in [5, 5.41) is 10.3. The first-order valence-corrected chi connectivity index (χ1v) is 6.25. The summed E-state index contributed by atoms with van der Waals surface area (Å²) in [6, 6.07) is 4.97. The highest BCUT2D eigenvalue weighted by Crippen LogP contribution is 2.45. The number of carbonyl (C=O) groups is 2. The lowest BCUT2D eigenvalue weighted by Gasteiger charge is -2.18. The minimum Gasteiger partial charge on any atom is -0.465 e. The molecule has 1 fully saturated rings. The van der Waals surface area contributed by atoms with Crippen molar-refractivity contribution in [3.63, 3.8) is 0 Å². The Balaban J connectivity index is 2.12. The van der Waals surface area contributed by atoms with Crippen LogP contribution in [0.15, 0.2) is 18.2 Å². The molecule has 2 aliphatic rings. The molecule has 0 radical (unpaired) electrons. The lowest BCUT2D eigenvalue weighted by molar-refractivity contribution is -0.134. The fourth-order valence-corrected chi connectivity index (χ4v) is 2.54. The molecule has 5 nitrogen and oxygen atoms in total. The lowest BCUT2D eigenvalue weighted by Crippen LogP contribution is -2.39. The van der Waals surface area contributed by atoms with E-state index in [1.807, 2.05) is 0 Å². The zero-order valence-electron chi connectivity index (χ0n) is 10.8. The van der Waals surface area contributed by atoms with Gasteiger partial charge < -0.3 is 14.7 Å². The number of methoxy groups -OCH3 is 1. The van der Waals surface area contributed by atoms with Crippen molar-refractivity contribution in [3.05, 3.63) is 29.3 Å². The van der Waals surface area contributed by atoms with Crippen LogP contribution in [0.4, 0.5) is 5.69 Å². The van der Waals surface area contributed by atoms with Crippen LogP contribution in [0.2, 0.25) is 0 Å². The van der Waals surface area contributed by atoms with Crippen molar-refractivity contribution < 1.29 is 19.4 Å². The third-order valence-corrected chi connectivity index (χ3v) is 3.75. The van der Waals surface area contributed by atoms with Crippen LogP contribution < -0.4 is 4.90 Å². The second-order valence-electron chi connectivity index (χ2n) is 5.20. The molecule has 5 heteroatoms. The fourth-order valence-electron chi connectivity index (χ4n) is 2.54. The Kier molecular flexibility index (Phi) is 2.44. The van der Waals surface area contributed by atoms with Crippen molar-refractivity contribution in [2.75, 3.05) is 12.0 Å². The molecule has 1 aliphatic heterocycles. The molecule has 1 aliphatic carbocycles. The van der Waals surface area contributed by atoms with E-state index in [-0.39, 0.29) is 11.9 Å². The van der Waals surface area contributed by atoms with E-state index in [1.54, 1.807) is 23.1 Å². The number of benzene rings is 1. The van der Waals surface area contributed by atoms with Crippen molar-refractivity contribution in [2.45, 2.75) is 31.4 Å². The smallest absolute Gasteiger partial charge is 0.337 e. The van der Waals surface area contributed by atoms with Crippen LogP contribution in [0.1, 0.15) is 35.7 Å². The largest absolute Gasteiger partial charge is 0.465 e. The standard InChI is InChI=1S/C14H15NO4/c1-14(18)10-6-3-8(12(16)19-2)7-11(10)15(13(14)17)9-4-5-9/h3,6-7,9,18H,4-5H2,1-2H3. The van der Waals surface area contributed by atoms with Crippen molar-refractivity contribution >= 4 is 17.6 Å². The van der Waals surface area contributed by atoms with Crippen molar-refractivity contribution in [1.29, 1.82) is 0 Å². The number of fused-ring (bicyclic) bond motifs is 1. The number of carbonyl (C=O) groups excluding carboxylic acids is 2. The number of rotatable bonds is 2. The van der Waals surface area contributed by atoms with Gasteiger partial charge in [-0.15, -0.1) is 0 Å². The molecule has 1 N–H and O–H groups in total. The van der Waals surface area contributed by atoms with Crippen LogP contribution in [0.3, 0.4) is 0 Å². The van der Waals surface area contributed by atoms with Crippen LogP contribution in [0.5, 0.6) is 0 Å². The molecule has 19 heavy (non-hydrogen) atoms. The monoisotopic (exact) mass is 261 g/mol. The van der Waals surface area contributed by atoms with Gasteiger partial charge in [0.25, 0.3) is 5.91 Å².